The molecule has 24 heavy (non-hydrogen) atoms. The maximum Gasteiger partial charge on any atom is 0.139 e. The van der Waals surface area contributed by atoms with Crippen LogP contribution in [0.15, 0.2) is 18.2 Å². The largest absolute Gasteiger partial charge is 0.392 e. The second-order valence-electron chi connectivity index (χ2n) is 6.09. The molecule has 0 atom stereocenters. The molecule has 2 heterocycles. The second-order valence-corrected chi connectivity index (χ2v) is 7.18. The summed E-state index contributed by atoms with van der Waals surface area (Å²) in [7, 11) is 0. The highest BCUT2D eigenvalue weighted by molar-refractivity contribution is 7.19. The van der Waals surface area contributed by atoms with E-state index in [0.717, 1.165) is 40.3 Å². The van der Waals surface area contributed by atoms with Crippen molar-refractivity contribution in [3.8, 4) is 0 Å². The van der Waals surface area contributed by atoms with Gasteiger partial charge in [0.2, 0.25) is 0 Å². The lowest BCUT2D eigenvalue weighted by molar-refractivity contribution is 0.275. The van der Waals surface area contributed by atoms with E-state index in [9.17, 15) is 4.39 Å². The van der Waals surface area contributed by atoms with Crippen molar-refractivity contribution in [2.75, 3.05) is 5.32 Å². The summed E-state index contributed by atoms with van der Waals surface area (Å²) in [5.41, 5.74) is 2.51. The molecule has 0 aliphatic heterocycles. The fourth-order valence-electron chi connectivity index (χ4n) is 3.25. The Morgan fingerprint density at radius 2 is 2.17 bits per heavy atom. The Morgan fingerprint density at radius 3 is 2.96 bits per heavy atom. The molecule has 3 aromatic rings. The summed E-state index contributed by atoms with van der Waals surface area (Å²) in [5, 5.41) is 13.5. The molecular formula is C18H18FN3OS. The van der Waals surface area contributed by atoms with Crippen LogP contribution in [0.5, 0.6) is 0 Å². The number of aromatic nitrogens is 2. The van der Waals surface area contributed by atoms with Crippen LogP contribution in [0.2, 0.25) is 0 Å². The van der Waals surface area contributed by atoms with Crippen molar-refractivity contribution in [3.63, 3.8) is 0 Å². The summed E-state index contributed by atoms with van der Waals surface area (Å²) in [6.07, 6.45) is 3.40. The van der Waals surface area contributed by atoms with Gasteiger partial charge in [0, 0.05) is 17.0 Å². The van der Waals surface area contributed by atoms with Crippen LogP contribution in [-0.4, -0.2) is 15.1 Å². The summed E-state index contributed by atoms with van der Waals surface area (Å²) in [5.74, 6) is 1.20. The predicted molar refractivity (Wildman–Crippen MR) is 93.8 cm³/mol. The highest BCUT2D eigenvalue weighted by Crippen LogP contribution is 2.39. The maximum atomic E-state index is 13.8. The van der Waals surface area contributed by atoms with Gasteiger partial charge in [0.15, 0.2) is 0 Å². The molecule has 6 heteroatoms. The molecule has 0 bridgehead atoms. The Kier molecular flexibility index (Phi) is 3.94. The molecule has 0 amide bonds. The molecule has 0 radical (unpaired) electrons. The lowest BCUT2D eigenvalue weighted by Gasteiger charge is -2.10. The van der Waals surface area contributed by atoms with Gasteiger partial charge in [-0.1, -0.05) is 12.1 Å². The van der Waals surface area contributed by atoms with Crippen LogP contribution in [0.1, 0.15) is 33.8 Å². The second kappa shape index (κ2) is 6.11. The first-order valence-electron chi connectivity index (χ1n) is 8.06. The van der Waals surface area contributed by atoms with Gasteiger partial charge >= 0.3 is 0 Å². The third kappa shape index (κ3) is 2.65. The van der Waals surface area contributed by atoms with E-state index in [2.05, 4.69) is 15.3 Å². The van der Waals surface area contributed by atoms with Crippen LogP contribution in [0.3, 0.4) is 0 Å². The van der Waals surface area contributed by atoms with Crippen molar-refractivity contribution in [1.29, 1.82) is 0 Å². The number of thiophene rings is 1. The average Bonchev–Trinajstić information content (AvgIpc) is 3.13. The predicted octanol–water partition coefficient (Wildman–Crippen LogP) is 3.73. The van der Waals surface area contributed by atoms with E-state index in [1.165, 1.54) is 22.9 Å². The molecule has 1 aromatic carbocycles. The number of nitrogens with zero attached hydrogens (tertiary/aromatic N) is 2. The van der Waals surface area contributed by atoms with E-state index in [4.69, 9.17) is 5.11 Å². The lowest BCUT2D eigenvalue weighted by Crippen LogP contribution is -2.05. The number of aliphatic hydroxyl groups is 1. The number of aryl methyl sites for hydroxylation is 3. The van der Waals surface area contributed by atoms with E-state index in [-0.39, 0.29) is 12.4 Å². The van der Waals surface area contributed by atoms with Gasteiger partial charge in [-0.25, -0.2) is 14.4 Å². The quantitative estimate of drug-likeness (QED) is 0.758. The molecule has 1 aliphatic rings. The highest BCUT2D eigenvalue weighted by atomic mass is 32.1. The Labute approximate surface area is 143 Å². The zero-order valence-electron chi connectivity index (χ0n) is 13.4. The van der Waals surface area contributed by atoms with Gasteiger partial charge in [-0.3, -0.25) is 0 Å². The normalized spacial score (nSPS) is 13.5. The van der Waals surface area contributed by atoms with Gasteiger partial charge in [-0.15, -0.1) is 11.3 Å². The van der Waals surface area contributed by atoms with Gasteiger partial charge < -0.3 is 10.4 Å². The average molecular weight is 343 g/mol. The van der Waals surface area contributed by atoms with Crippen LogP contribution in [0, 0.1) is 12.7 Å². The number of rotatable bonds is 4. The molecule has 0 unspecified atom stereocenters. The van der Waals surface area contributed by atoms with Crippen LogP contribution in [0.25, 0.3) is 10.2 Å². The molecule has 1 aliphatic carbocycles. The number of nitrogens with one attached hydrogen (secondary N) is 1. The van der Waals surface area contributed by atoms with Crippen molar-refractivity contribution in [2.24, 2.45) is 0 Å². The van der Waals surface area contributed by atoms with Crippen LogP contribution >= 0.6 is 11.3 Å². The minimum absolute atomic E-state index is 0.285. The molecule has 124 valence electrons. The minimum Gasteiger partial charge on any atom is -0.392 e. The van der Waals surface area contributed by atoms with Gasteiger partial charge in [-0.05, 0) is 43.4 Å². The number of hydrogen-bond acceptors (Lipinski definition) is 5. The van der Waals surface area contributed by atoms with Gasteiger partial charge in [0.1, 0.15) is 22.3 Å². The Morgan fingerprint density at radius 1 is 1.29 bits per heavy atom. The first-order chi connectivity index (χ1) is 11.7. The molecule has 0 fully saturated rings. The topological polar surface area (TPSA) is 58.0 Å². The number of anilines is 1. The van der Waals surface area contributed by atoms with Gasteiger partial charge in [0.05, 0.1) is 12.0 Å². The number of halogens is 1. The third-order valence-corrected chi connectivity index (χ3v) is 5.61. The van der Waals surface area contributed by atoms with Crippen LogP contribution < -0.4 is 5.32 Å². The molecule has 0 saturated carbocycles. The number of hydrogen-bond donors (Lipinski definition) is 2. The van der Waals surface area contributed by atoms with Crippen LogP contribution in [-0.2, 0) is 26.0 Å². The van der Waals surface area contributed by atoms with Crippen molar-refractivity contribution in [3.05, 3.63) is 51.4 Å². The van der Waals surface area contributed by atoms with Crippen LogP contribution in [0.4, 0.5) is 10.2 Å². The zero-order chi connectivity index (χ0) is 16.7. The number of benzene rings is 1. The highest BCUT2D eigenvalue weighted by Gasteiger charge is 2.21. The van der Waals surface area contributed by atoms with Gasteiger partial charge in [-0.2, -0.15) is 0 Å². The van der Waals surface area contributed by atoms with Crippen molar-refractivity contribution < 1.29 is 9.50 Å². The Bertz CT molecular complexity index is 922. The summed E-state index contributed by atoms with van der Waals surface area (Å²) < 4.78 is 13.8. The van der Waals surface area contributed by atoms with E-state index in [0.29, 0.717) is 12.1 Å². The van der Waals surface area contributed by atoms with Crippen molar-refractivity contribution in [1.82, 2.24) is 9.97 Å². The fourth-order valence-corrected chi connectivity index (χ4v) is 4.55. The fraction of sp³-hybridized carbons (Fsp3) is 0.333. The smallest absolute Gasteiger partial charge is 0.139 e. The molecule has 0 saturated heterocycles. The maximum absolute atomic E-state index is 13.8. The lowest BCUT2D eigenvalue weighted by atomic mass is 10.1. The summed E-state index contributed by atoms with van der Waals surface area (Å²) in [6, 6.07) is 4.90. The molecule has 4 nitrogen and oxygen atoms in total. The summed E-state index contributed by atoms with van der Waals surface area (Å²) in [6.45, 7) is 2.09. The van der Waals surface area contributed by atoms with Gasteiger partial charge in [0.25, 0.3) is 0 Å². The summed E-state index contributed by atoms with van der Waals surface area (Å²) >= 11 is 1.76. The molecule has 4 rings (SSSR count). The van der Waals surface area contributed by atoms with E-state index in [1.54, 1.807) is 17.4 Å². The number of aliphatic hydroxyl groups excluding tert-OH is 1. The van der Waals surface area contributed by atoms with Crippen molar-refractivity contribution in [2.45, 2.75) is 39.3 Å². The Hall–Kier alpha value is -2.05. The standard InChI is InChI=1S/C18H18FN3OS/c1-10-21-17(16-13-3-2-4-15(13)24-18(16)22-10)20-8-11-5-6-12(9-23)14(19)7-11/h5-7,23H,2-4,8-9H2,1H3,(H,20,21,22). The van der Waals surface area contributed by atoms with E-state index >= 15 is 0 Å². The first-order valence-corrected chi connectivity index (χ1v) is 8.88. The van der Waals surface area contributed by atoms with E-state index in [1.807, 2.05) is 13.0 Å². The molecule has 0 spiro atoms. The molecular weight excluding hydrogens is 325 g/mol. The molecule has 2 N–H and O–H groups in total. The summed E-state index contributed by atoms with van der Waals surface area (Å²) in [4.78, 5) is 11.6. The Balaban J connectivity index is 1.66. The third-order valence-electron chi connectivity index (χ3n) is 4.42. The van der Waals surface area contributed by atoms with Crippen molar-refractivity contribution >= 4 is 27.4 Å². The first kappa shape index (κ1) is 15.5. The SMILES string of the molecule is Cc1nc(NCc2ccc(CO)c(F)c2)c2c3c(sc2n1)CCC3. The molecule has 2 aromatic heterocycles. The number of fused-ring (bicyclic) bond motifs is 3. The zero-order valence-corrected chi connectivity index (χ0v) is 14.2. The monoisotopic (exact) mass is 343 g/mol. The minimum atomic E-state index is -0.378. The van der Waals surface area contributed by atoms with E-state index < -0.39 is 0 Å².